The first-order chi connectivity index (χ1) is 10.2. The van der Waals surface area contributed by atoms with Gasteiger partial charge in [-0.3, -0.25) is 9.78 Å². The number of hydrogen-bond acceptors (Lipinski definition) is 3. The van der Waals surface area contributed by atoms with Gasteiger partial charge in [-0.2, -0.15) is 0 Å². The van der Waals surface area contributed by atoms with Crippen molar-refractivity contribution in [2.24, 2.45) is 0 Å². The molecular formula is C16H20N4O. The molecule has 0 saturated heterocycles. The molecule has 5 heteroatoms. The van der Waals surface area contributed by atoms with Gasteiger partial charge < -0.3 is 9.88 Å². The fourth-order valence-electron chi connectivity index (χ4n) is 2.81. The van der Waals surface area contributed by atoms with Crippen LogP contribution in [0, 0.1) is 13.8 Å². The van der Waals surface area contributed by atoms with E-state index in [-0.39, 0.29) is 5.91 Å². The van der Waals surface area contributed by atoms with E-state index in [1.54, 1.807) is 6.20 Å². The number of nitrogens with zero attached hydrogens (tertiary/aromatic N) is 3. The molecule has 0 bridgehead atoms. The van der Waals surface area contributed by atoms with Crippen molar-refractivity contribution in [2.75, 3.05) is 6.54 Å². The molecule has 0 aliphatic heterocycles. The summed E-state index contributed by atoms with van der Waals surface area (Å²) >= 11 is 0. The quantitative estimate of drug-likeness (QED) is 0.915. The molecule has 1 N–H and O–H groups in total. The number of aryl methyl sites for hydroxylation is 1. The third-order valence-electron chi connectivity index (χ3n) is 3.98. The Bertz CT molecular complexity index is 644. The fourth-order valence-corrected chi connectivity index (χ4v) is 2.81. The zero-order chi connectivity index (χ0) is 14.8. The first-order valence-corrected chi connectivity index (χ1v) is 7.38. The van der Waals surface area contributed by atoms with Crippen LogP contribution in [0.3, 0.4) is 0 Å². The molecule has 0 aromatic carbocycles. The molecular weight excluding hydrogens is 264 g/mol. The highest BCUT2D eigenvalue weighted by atomic mass is 16.1. The second-order valence-corrected chi connectivity index (χ2v) is 5.59. The first kappa shape index (κ1) is 13.8. The van der Waals surface area contributed by atoms with Gasteiger partial charge in [0.2, 0.25) is 0 Å². The highest BCUT2D eigenvalue weighted by Gasteiger charge is 2.26. The summed E-state index contributed by atoms with van der Waals surface area (Å²) in [5, 5.41) is 2.90. The zero-order valence-corrected chi connectivity index (χ0v) is 12.5. The Hall–Kier alpha value is -2.17. The standard InChI is InChI=1S/C16H20N4O/c1-11-9-13(12(2)20(11)14-3-4-14)5-6-19-16(21)15-10-17-7-8-18-15/h7-10,14H,3-6H2,1-2H3,(H,19,21). The number of amides is 1. The number of aromatic nitrogens is 3. The summed E-state index contributed by atoms with van der Waals surface area (Å²) < 4.78 is 2.43. The highest BCUT2D eigenvalue weighted by Crippen LogP contribution is 2.38. The normalized spacial score (nSPS) is 14.2. The average molecular weight is 284 g/mol. The Morgan fingerprint density at radius 1 is 1.38 bits per heavy atom. The van der Waals surface area contributed by atoms with Gasteiger partial charge in [-0.1, -0.05) is 0 Å². The predicted octanol–water partition coefficient (Wildman–Crippen LogP) is 2.20. The van der Waals surface area contributed by atoms with Crippen molar-refractivity contribution < 1.29 is 4.79 Å². The molecule has 0 radical (unpaired) electrons. The maximum absolute atomic E-state index is 11.9. The van der Waals surface area contributed by atoms with Crippen LogP contribution in [0.5, 0.6) is 0 Å². The van der Waals surface area contributed by atoms with Gasteiger partial charge in [0, 0.05) is 36.4 Å². The molecule has 2 aromatic rings. The highest BCUT2D eigenvalue weighted by molar-refractivity contribution is 5.91. The number of hydrogen-bond donors (Lipinski definition) is 1. The number of carbonyl (C=O) groups is 1. The molecule has 1 amide bonds. The van der Waals surface area contributed by atoms with E-state index < -0.39 is 0 Å². The van der Waals surface area contributed by atoms with Crippen molar-refractivity contribution in [3.05, 3.63) is 47.3 Å². The maximum atomic E-state index is 11.9. The van der Waals surface area contributed by atoms with E-state index in [4.69, 9.17) is 0 Å². The third-order valence-corrected chi connectivity index (χ3v) is 3.98. The van der Waals surface area contributed by atoms with Crippen molar-refractivity contribution in [2.45, 2.75) is 39.2 Å². The van der Waals surface area contributed by atoms with Gasteiger partial charge in [-0.05, 0) is 44.7 Å². The van der Waals surface area contributed by atoms with Crippen LogP contribution >= 0.6 is 0 Å². The zero-order valence-electron chi connectivity index (χ0n) is 12.5. The summed E-state index contributed by atoms with van der Waals surface area (Å²) in [5.74, 6) is -0.167. The van der Waals surface area contributed by atoms with Gasteiger partial charge >= 0.3 is 0 Å². The minimum Gasteiger partial charge on any atom is -0.350 e. The first-order valence-electron chi connectivity index (χ1n) is 7.38. The van der Waals surface area contributed by atoms with E-state index in [1.807, 2.05) is 0 Å². The minimum absolute atomic E-state index is 0.167. The molecule has 1 aliphatic carbocycles. The lowest BCUT2D eigenvalue weighted by atomic mass is 10.2. The molecule has 3 rings (SSSR count). The summed E-state index contributed by atoms with van der Waals surface area (Å²) in [5.41, 5.74) is 4.34. The second-order valence-electron chi connectivity index (χ2n) is 5.59. The molecule has 0 atom stereocenters. The molecule has 110 valence electrons. The average Bonchev–Trinajstić information content (AvgIpc) is 3.27. The molecule has 1 aliphatic rings. The van der Waals surface area contributed by atoms with E-state index >= 15 is 0 Å². The molecule has 1 saturated carbocycles. The van der Waals surface area contributed by atoms with Crippen LogP contribution in [0.4, 0.5) is 0 Å². The lowest BCUT2D eigenvalue weighted by Crippen LogP contribution is -2.26. The minimum atomic E-state index is -0.167. The van der Waals surface area contributed by atoms with Crippen molar-refractivity contribution in [1.82, 2.24) is 19.9 Å². The lowest BCUT2D eigenvalue weighted by Gasteiger charge is -2.08. The predicted molar refractivity (Wildman–Crippen MR) is 80.2 cm³/mol. The molecule has 2 aromatic heterocycles. The lowest BCUT2D eigenvalue weighted by molar-refractivity contribution is 0.0948. The van der Waals surface area contributed by atoms with Crippen molar-refractivity contribution >= 4 is 5.91 Å². The summed E-state index contributed by atoms with van der Waals surface area (Å²) in [6.07, 6.45) is 7.99. The molecule has 0 unspecified atom stereocenters. The van der Waals surface area contributed by atoms with Gasteiger partial charge in [0.15, 0.2) is 0 Å². The molecule has 0 spiro atoms. The van der Waals surface area contributed by atoms with E-state index in [1.165, 1.54) is 42.2 Å². The fraction of sp³-hybridized carbons (Fsp3) is 0.438. The molecule has 21 heavy (non-hydrogen) atoms. The van der Waals surface area contributed by atoms with Crippen LogP contribution < -0.4 is 5.32 Å². The van der Waals surface area contributed by atoms with Crippen LogP contribution in [0.2, 0.25) is 0 Å². The summed E-state index contributed by atoms with van der Waals surface area (Å²) in [4.78, 5) is 19.8. The van der Waals surface area contributed by atoms with Gasteiger partial charge in [-0.15, -0.1) is 0 Å². The van der Waals surface area contributed by atoms with Crippen molar-refractivity contribution in [1.29, 1.82) is 0 Å². The van der Waals surface area contributed by atoms with Crippen LogP contribution in [0.15, 0.2) is 24.7 Å². The third kappa shape index (κ3) is 2.96. The Kier molecular flexibility index (Phi) is 3.73. The van der Waals surface area contributed by atoms with E-state index in [2.05, 4.69) is 39.8 Å². The molecule has 2 heterocycles. The van der Waals surface area contributed by atoms with Gasteiger partial charge in [0.05, 0.1) is 6.20 Å². The Balaban J connectivity index is 1.58. The Morgan fingerprint density at radius 3 is 2.86 bits per heavy atom. The Labute approximate surface area is 124 Å². The SMILES string of the molecule is Cc1cc(CCNC(=O)c2cnccn2)c(C)n1C1CC1. The molecule has 5 nitrogen and oxygen atoms in total. The monoisotopic (exact) mass is 284 g/mol. The maximum Gasteiger partial charge on any atom is 0.271 e. The number of carbonyl (C=O) groups excluding carboxylic acids is 1. The van der Waals surface area contributed by atoms with E-state index in [0.717, 1.165) is 6.42 Å². The smallest absolute Gasteiger partial charge is 0.271 e. The van der Waals surface area contributed by atoms with E-state index in [0.29, 0.717) is 18.3 Å². The second kappa shape index (κ2) is 5.68. The Morgan fingerprint density at radius 2 is 2.19 bits per heavy atom. The van der Waals surface area contributed by atoms with Crippen LogP contribution in [0.25, 0.3) is 0 Å². The van der Waals surface area contributed by atoms with Gasteiger partial charge in [0.25, 0.3) is 5.91 Å². The summed E-state index contributed by atoms with van der Waals surface area (Å²) in [7, 11) is 0. The summed E-state index contributed by atoms with van der Waals surface area (Å²) in [6, 6.07) is 2.94. The summed E-state index contributed by atoms with van der Waals surface area (Å²) in [6.45, 7) is 4.95. The van der Waals surface area contributed by atoms with Crippen molar-refractivity contribution in [3.63, 3.8) is 0 Å². The van der Waals surface area contributed by atoms with Crippen LogP contribution in [-0.4, -0.2) is 27.0 Å². The van der Waals surface area contributed by atoms with E-state index in [9.17, 15) is 4.79 Å². The van der Waals surface area contributed by atoms with Crippen LogP contribution in [0.1, 0.15) is 46.3 Å². The van der Waals surface area contributed by atoms with Crippen molar-refractivity contribution in [3.8, 4) is 0 Å². The topological polar surface area (TPSA) is 59.8 Å². The largest absolute Gasteiger partial charge is 0.350 e. The number of rotatable bonds is 5. The number of nitrogens with one attached hydrogen (secondary N) is 1. The van der Waals surface area contributed by atoms with Gasteiger partial charge in [-0.25, -0.2) is 4.98 Å². The van der Waals surface area contributed by atoms with Gasteiger partial charge in [0.1, 0.15) is 5.69 Å². The van der Waals surface area contributed by atoms with Crippen LogP contribution in [-0.2, 0) is 6.42 Å². The molecule has 1 fully saturated rings.